The van der Waals surface area contributed by atoms with Crippen molar-refractivity contribution in [1.29, 1.82) is 0 Å². The van der Waals surface area contributed by atoms with E-state index >= 15 is 0 Å². The number of halogens is 1. The Labute approximate surface area is 133 Å². The van der Waals surface area contributed by atoms with E-state index in [1.54, 1.807) is 32.0 Å². The molecule has 0 saturated carbocycles. The van der Waals surface area contributed by atoms with E-state index in [1.807, 2.05) is 19.1 Å². The van der Waals surface area contributed by atoms with Gasteiger partial charge in [0.25, 0.3) is 10.0 Å². The topological polar surface area (TPSA) is 72.2 Å². The maximum Gasteiger partial charge on any atom is 0.262 e. The van der Waals surface area contributed by atoms with Gasteiger partial charge in [-0.1, -0.05) is 22.0 Å². The first-order valence-electron chi connectivity index (χ1n) is 6.36. The minimum Gasteiger partial charge on any atom is -0.399 e. The number of nitrogens with one attached hydrogen (secondary N) is 1. The molecule has 0 spiro atoms. The summed E-state index contributed by atoms with van der Waals surface area (Å²) in [4.78, 5) is 0.274. The summed E-state index contributed by atoms with van der Waals surface area (Å²) in [5.74, 6) is 0. The van der Waals surface area contributed by atoms with Crippen LogP contribution in [-0.2, 0) is 10.0 Å². The van der Waals surface area contributed by atoms with Crippen LogP contribution in [0.4, 0.5) is 11.4 Å². The van der Waals surface area contributed by atoms with Gasteiger partial charge in [0, 0.05) is 10.2 Å². The van der Waals surface area contributed by atoms with E-state index in [1.165, 1.54) is 0 Å². The molecule has 0 aromatic heterocycles. The molecule has 0 radical (unpaired) electrons. The van der Waals surface area contributed by atoms with Crippen molar-refractivity contribution in [2.24, 2.45) is 0 Å². The van der Waals surface area contributed by atoms with Crippen LogP contribution in [0.15, 0.2) is 39.7 Å². The molecule has 6 heteroatoms. The molecule has 112 valence electrons. The third-order valence-corrected chi connectivity index (χ3v) is 5.36. The van der Waals surface area contributed by atoms with Gasteiger partial charge in [0.15, 0.2) is 0 Å². The fraction of sp³-hybridized carbons (Fsp3) is 0.200. The van der Waals surface area contributed by atoms with Crippen molar-refractivity contribution in [3.05, 3.63) is 51.5 Å². The molecule has 2 aromatic carbocycles. The zero-order chi connectivity index (χ0) is 15.8. The smallest absolute Gasteiger partial charge is 0.262 e. The summed E-state index contributed by atoms with van der Waals surface area (Å²) >= 11 is 3.35. The van der Waals surface area contributed by atoms with E-state index in [4.69, 9.17) is 5.73 Å². The number of benzene rings is 2. The van der Waals surface area contributed by atoms with E-state index in [2.05, 4.69) is 20.7 Å². The molecule has 0 heterocycles. The van der Waals surface area contributed by atoms with E-state index in [0.29, 0.717) is 22.5 Å². The average molecular weight is 369 g/mol. The zero-order valence-electron chi connectivity index (χ0n) is 12.1. The van der Waals surface area contributed by atoms with Gasteiger partial charge < -0.3 is 5.73 Å². The summed E-state index contributed by atoms with van der Waals surface area (Å²) in [5.41, 5.74) is 8.98. The Hall–Kier alpha value is -1.53. The van der Waals surface area contributed by atoms with Crippen molar-refractivity contribution >= 4 is 37.3 Å². The predicted molar refractivity (Wildman–Crippen MR) is 90.0 cm³/mol. The van der Waals surface area contributed by atoms with Crippen molar-refractivity contribution in [2.45, 2.75) is 25.7 Å². The van der Waals surface area contributed by atoms with Crippen molar-refractivity contribution in [2.75, 3.05) is 10.5 Å². The second kappa shape index (κ2) is 5.69. The molecule has 21 heavy (non-hydrogen) atoms. The Morgan fingerprint density at radius 1 is 1.00 bits per heavy atom. The molecule has 0 aliphatic rings. The average Bonchev–Trinajstić information content (AvgIpc) is 2.31. The highest BCUT2D eigenvalue weighted by atomic mass is 79.9. The van der Waals surface area contributed by atoms with Crippen LogP contribution in [0, 0.1) is 20.8 Å². The van der Waals surface area contributed by atoms with E-state index in [9.17, 15) is 8.42 Å². The van der Waals surface area contributed by atoms with Crippen LogP contribution in [0.1, 0.15) is 16.7 Å². The molecule has 3 N–H and O–H groups in total. The molecular formula is C15H17BrN2O2S. The number of nitrogens with two attached hydrogens (primary N) is 1. The molecule has 2 rings (SSSR count). The molecule has 0 unspecified atom stereocenters. The molecule has 0 atom stereocenters. The molecule has 0 aliphatic heterocycles. The first-order chi connectivity index (χ1) is 9.70. The molecule has 0 bridgehead atoms. The van der Waals surface area contributed by atoms with Gasteiger partial charge in [-0.2, -0.15) is 0 Å². The number of hydrogen-bond acceptors (Lipinski definition) is 3. The number of sulfonamides is 1. The fourth-order valence-corrected chi connectivity index (χ4v) is 4.25. The Kier molecular flexibility index (Phi) is 4.30. The van der Waals surface area contributed by atoms with Crippen molar-refractivity contribution in [3.8, 4) is 0 Å². The van der Waals surface area contributed by atoms with Crippen LogP contribution in [0.2, 0.25) is 0 Å². The summed E-state index contributed by atoms with van der Waals surface area (Å²) in [6, 6.07) is 8.79. The Balaban J connectivity index is 2.51. The first-order valence-corrected chi connectivity index (χ1v) is 8.64. The lowest BCUT2D eigenvalue weighted by molar-refractivity contribution is 0.600. The summed E-state index contributed by atoms with van der Waals surface area (Å²) in [6.07, 6.45) is 0. The third kappa shape index (κ3) is 3.39. The minimum absolute atomic E-state index is 0.274. The second-order valence-corrected chi connectivity index (χ2v) is 7.58. The van der Waals surface area contributed by atoms with Gasteiger partial charge in [-0.25, -0.2) is 8.42 Å². The lowest BCUT2D eigenvalue weighted by atomic mass is 10.1. The first kappa shape index (κ1) is 15.9. The summed E-state index contributed by atoms with van der Waals surface area (Å²) in [7, 11) is -3.66. The van der Waals surface area contributed by atoms with Crippen molar-refractivity contribution in [3.63, 3.8) is 0 Å². The molecular weight excluding hydrogens is 352 g/mol. The second-order valence-electron chi connectivity index (χ2n) is 5.05. The van der Waals surface area contributed by atoms with E-state index in [0.717, 1.165) is 10.0 Å². The van der Waals surface area contributed by atoms with Gasteiger partial charge in [0.2, 0.25) is 0 Å². The molecule has 0 aliphatic carbocycles. The van der Waals surface area contributed by atoms with Gasteiger partial charge in [-0.3, -0.25) is 4.72 Å². The molecule has 4 nitrogen and oxygen atoms in total. The molecule has 2 aromatic rings. The van der Waals surface area contributed by atoms with Crippen LogP contribution < -0.4 is 10.5 Å². The predicted octanol–water partition coefficient (Wildman–Crippen LogP) is 3.76. The van der Waals surface area contributed by atoms with Crippen molar-refractivity contribution in [1.82, 2.24) is 0 Å². The minimum atomic E-state index is -3.66. The van der Waals surface area contributed by atoms with Crippen LogP contribution in [0.5, 0.6) is 0 Å². The molecule has 0 fully saturated rings. The maximum absolute atomic E-state index is 12.7. The number of rotatable bonds is 3. The van der Waals surface area contributed by atoms with Crippen molar-refractivity contribution < 1.29 is 8.42 Å². The van der Waals surface area contributed by atoms with Gasteiger partial charge in [0.1, 0.15) is 0 Å². The molecule has 0 saturated heterocycles. The number of anilines is 2. The van der Waals surface area contributed by atoms with Gasteiger partial charge in [0.05, 0.1) is 10.6 Å². The molecule has 0 amide bonds. The highest BCUT2D eigenvalue weighted by Crippen LogP contribution is 2.27. The van der Waals surface area contributed by atoms with Crippen LogP contribution >= 0.6 is 15.9 Å². The SMILES string of the molecule is Cc1ccc(Br)cc1NS(=O)(=O)c1c(C)cc(N)cc1C. The van der Waals surface area contributed by atoms with E-state index < -0.39 is 10.0 Å². The monoisotopic (exact) mass is 368 g/mol. The van der Waals surface area contributed by atoms with Crippen LogP contribution in [0.3, 0.4) is 0 Å². The zero-order valence-corrected chi connectivity index (χ0v) is 14.5. The Bertz CT molecular complexity index is 778. The fourth-order valence-electron chi connectivity index (χ4n) is 2.31. The number of aryl methyl sites for hydroxylation is 3. The number of nitrogen functional groups attached to an aromatic ring is 1. The van der Waals surface area contributed by atoms with Gasteiger partial charge >= 0.3 is 0 Å². The Morgan fingerprint density at radius 3 is 2.14 bits per heavy atom. The standard InChI is InChI=1S/C15H17BrN2O2S/c1-9-4-5-12(16)8-14(9)18-21(19,20)15-10(2)6-13(17)7-11(15)3/h4-8,18H,17H2,1-3H3. The normalized spacial score (nSPS) is 11.4. The highest BCUT2D eigenvalue weighted by Gasteiger charge is 2.20. The highest BCUT2D eigenvalue weighted by molar-refractivity contribution is 9.10. The largest absolute Gasteiger partial charge is 0.399 e. The summed E-state index contributed by atoms with van der Waals surface area (Å²) in [6.45, 7) is 5.34. The summed E-state index contributed by atoms with van der Waals surface area (Å²) < 4.78 is 28.8. The summed E-state index contributed by atoms with van der Waals surface area (Å²) in [5, 5.41) is 0. The Morgan fingerprint density at radius 2 is 1.57 bits per heavy atom. The van der Waals surface area contributed by atoms with Crippen LogP contribution in [-0.4, -0.2) is 8.42 Å². The van der Waals surface area contributed by atoms with E-state index in [-0.39, 0.29) is 4.90 Å². The maximum atomic E-state index is 12.7. The third-order valence-electron chi connectivity index (χ3n) is 3.20. The quantitative estimate of drug-likeness (QED) is 0.810. The number of hydrogen-bond donors (Lipinski definition) is 2. The van der Waals surface area contributed by atoms with Gasteiger partial charge in [-0.15, -0.1) is 0 Å². The van der Waals surface area contributed by atoms with Gasteiger partial charge in [-0.05, 0) is 61.7 Å². The van der Waals surface area contributed by atoms with Crippen LogP contribution in [0.25, 0.3) is 0 Å². The lowest BCUT2D eigenvalue weighted by Crippen LogP contribution is -2.16. The lowest BCUT2D eigenvalue weighted by Gasteiger charge is -2.15.